The Morgan fingerprint density at radius 3 is 2.67 bits per heavy atom. The molecule has 88 valence electrons. The SMILES string of the molecule is CCC(C)(C)CNC(=O)C1COCC1N. The largest absolute Gasteiger partial charge is 0.379 e. The maximum absolute atomic E-state index is 11.7. The van der Waals surface area contributed by atoms with Crippen molar-refractivity contribution in [2.45, 2.75) is 33.2 Å². The normalized spacial score (nSPS) is 26.7. The van der Waals surface area contributed by atoms with Gasteiger partial charge in [-0.3, -0.25) is 4.79 Å². The highest BCUT2D eigenvalue weighted by Gasteiger charge is 2.31. The van der Waals surface area contributed by atoms with Crippen LogP contribution in [-0.4, -0.2) is 31.7 Å². The molecule has 0 radical (unpaired) electrons. The van der Waals surface area contributed by atoms with E-state index in [4.69, 9.17) is 10.5 Å². The summed E-state index contributed by atoms with van der Waals surface area (Å²) in [6, 6.07) is -0.144. The van der Waals surface area contributed by atoms with Gasteiger partial charge in [0.25, 0.3) is 0 Å². The minimum absolute atomic E-state index is 0.0292. The Kier molecular flexibility index (Phi) is 4.11. The molecule has 2 atom stereocenters. The summed E-state index contributed by atoms with van der Waals surface area (Å²) in [5.74, 6) is -0.140. The second-order valence-corrected chi connectivity index (χ2v) is 5.04. The van der Waals surface area contributed by atoms with Gasteiger partial charge in [0.15, 0.2) is 0 Å². The van der Waals surface area contributed by atoms with Gasteiger partial charge < -0.3 is 15.8 Å². The summed E-state index contributed by atoms with van der Waals surface area (Å²) in [7, 11) is 0. The molecular formula is C11H22N2O2. The number of amides is 1. The van der Waals surface area contributed by atoms with Crippen LogP contribution in [0.1, 0.15) is 27.2 Å². The third-order valence-corrected chi connectivity index (χ3v) is 3.16. The lowest BCUT2D eigenvalue weighted by molar-refractivity contribution is -0.125. The standard InChI is InChI=1S/C11H22N2O2/c1-4-11(2,3)7-13-10(14)8-5-15-6-9(8)12/h8-9H,4-7,12H2,1-3H3,(H,13,14). The summed E-state index contributed by atoms with van der Waals surface area (Å²) in [6.45, 7) is 8.05. The van der Waals surface area contributed by atoms with Crippen molar-refractivity contribution in [2.75, 3.05) is 19.8 Å². The zero-order valence-electron chi connectivity index (χ0n) is 9.88. The lowest BCUT2D eigenvalue weighted by Gasteiger charge is -2.24. The molecule has 0 aromatic carbocycles. The third-order valence-electron chi connectivity index (χ3n) is 3.16. The number of hydrogen-bond acceptors (Lipinski definition) is 3. The lowest BCUT2D eigenvalue weighted by Crippen LogP contribution is -2.43. The van der Waals surface area contributed by atoms with E-state index in [-0.39, 0.29) is 23.3 Å². The zero-order valence-corrected chi connectivity index (χ0v) is 9.88. The van der Waals surface area contributed by atoms with E-state index < -0.39 is 0 Å². The first kappa shape index (κ1) is 12.5. The van der Waals surface area contributed by atoms with E-state index >= 15 is 0 Å². The van der Waals surface area contributed by atoms with Gasteiger partial charge in [0.05, 0.1) is 19.1 Å². The van der Waals surface area contributed by atoms with Crippen LogP contribution in [0.5, 0.6) is 0 Å². The minimum atomic E-state index is -0.169. The van der Waals surface area contributed by atoms with Crippen molar-refractivity contribution in [1.82, 2.24) is 5.32 Å². The predicted molar refractivity (Wildman–Crippen MR) is 59.4 cm³/mol. The number of ether oxygens (including phenoxy) is 1. The van der Waals surface area contributed by atoms with Crippen molar-refractivity contribution in [1.29, 1.82) is 0 Å². The Morgan fingerprint density at radius 2 is 2.20 bits per heavy atom. The molecule has 0 bridgehead atoms. The molecule has 0 aliphatic carbocycles. The number of rotatable bonds is 4. The Balaban J connectivity index is 2.36. The van der Waals surface area contributed by atoms with Crippen molar-refractivity contribution in [3.05, 3.63) is 0 Å². The van der Waals surface area contributed by atoms with Crippen LogP contribution in [0.15, 0.2) is 0 Å². The van der Waals surface area contributed by atoms with Crippen LogP contribution in [0.2, 0.25) is 0 Å². The van der Waals surface area contributed by atoms with Crippen LogP contribution in [0, 0.1) is 11.3 Å². The highest BCUT2D eigenvalue weighted by molar-refractivity contribution is 5.79. The first-order valence-corrected chi connectivity index (χ1v) is 5.57. The highest BCUT2D eigenvalue weighted by atomic mass is 16.5. The molecule has 1 rings (SSSR count). The fourth-order valence-electron chi connectivity index (χ4n) is 1.42. The fraction of sp³-hybridized carbons (Fsp3) is 0.909. The van der Waals surface area contributed by atoms with Gasteiger partial charge >= 0.3 is 0 Å². The molecule has 1 saturated heterocycles. The number of nitrogens with one attached hydrogen (secondary N) is 1. The summed E-state index contributed by atoms with van der Waals surface area (Å²) < 4.78 is 5.16. The summed E-state index contributed by atoms with van der Waals surface area (Å²) in [5.41, 5.74) is 5.92. The molecule has 3 N–H and O–H groups in total. The zero-order chi connectivity index (χ0) is 11.5. The molecular weight excluding hydrogens is 192 g/mol. The average Bonchev–Trinajstić information content (AvgIpc) is 2.61. The van der Waals surface area contributed by atoms with E-state index in [0.717, 1.165) is 6.42 Å². The molecule has 15 heavy (non-hydrogen) atoms. The van der Waals surface area contributed by atoms with Gasteiger partial charge in [0.2, 0.25) is 5.91 Å². The van der Waals surface area contributed by atoms with Crippen molar-refractivity contribution in [3.8, 4) is 0 Å². The van der Waals surface area contributed by atoms with Crippen molar-refractivity contribution in [3.63, 3.8) is 0 Å². The van der Waals surface area contributed by atoms with Gasteiger partial charge in [0, 0.05) is 12.6 Å². The molecule has 1 heterocycles. The first-order chi connectivity index (χ1) is 6.96. The second-order valence-electron chi connectivity index (χ2n) is 5.04. The van der Waals surface area contributed by atoms with Crippen molar-refractivity contribution >= 4 is 5.91 Å². The molecule has 1 fully saturated rings. The topological polar surface area (TPSA) is 64.3 Å². The first-order valence-electron chi connectivity index (χ1n) is 5.57. The van der Waals surface area contributed by atoms with Crippen LogP contribution in [0.4, 0.5) is 0 Å². The monoisotopic (exact) mass is 214 g/mol. The smallest absolute Gasteiger partial charge is 0.227 e. The molecule has 0 aromatic heterocycles. The Labute approximate surface area is 91.5 Å². The number of nitrogens with two attached hydrogens (primary N) is 1. The van der Waals surface area contributed by atoms with Gasteiger partial charge in [-0.05, 0) is 11.8 Å². The third kappa shape index (κ3) is 3.47. The Morgan fingerprint density at radius 1 is 1.53 bits per heavy atom. The minimum Gasteiger partial charge on any atom is -0.379 e. The fourth-order valence-corrected chi connectivity index (χ4v) is 1.42. The van der Waals surface area contributed by atoms with Gasteiger partial charge in [-0.15, -0.1) is 0 Å². The van der Waals surface area contributed by atoms with Crippen LogP contribution < -0.4 is 11.1 Å². The molecule has 1 aliphatic heterocycles. The van der Waals surface area contributed by atoms with Gasteiger partial charge in [-0.25, -0.2) is 0 Å². The van der Waals surface area contributed by atoms with Gasteiger partial charge in [-0.1, -0.05) is 20.8 Å². The highest BCUT2D eigenvalue weighted by Crippen LogP contribution is 2.18. The molecule has 1 aliphatic rings. The maximum atomic E-state index is 11.7. The molecule has 4 heteroatoms. The molecule has 2 unspecified atom stereocenters. The van der Waals surface area contributed by atoms with Gasteiger partial charge in [-0.2, -0.15) is 0 Å². The van der Waals surface area contributed by atoms with E-state index in [1.807, 2.05) is 0 Å². The van der Waals surface area contributed by atoms with Crippen LogP contribution in [0.25, 0.3) is 0 Å². The second kappa shape index (κ2) is 4.94. The van der Waals surface area contributed by atoms with E-state index in [1.165, 1.54) is 0 Å². The number of carbonyl (C=O) groups is 1. The summed E-state index contributed by atoms with van der Waals surface area (Å²) in [5, 5.41) is 2.95. The lowest BCUT2D eigenvalue weighted by atomic mass is 9.90. The molecule has 4 nitrogen and oxygen atoms in total. The van der Waals surface area contributed by atoms with E-state index in [0.29, 0.717) is 19.8 Å². The number of hydrogen-bond donors (Lipinski definition) is 2. The van der Waals surface area contributed by atoms with Gasteiger partial charge in [0.1, 0.15) is 0 Å². The van der Waals surface area contributed by atoms with Crippen LogP contribution in [0.3, 0.4) is 0 Å². The average molecular weight is 214 g/mol. The Bertz CT molecular complexity index is 229. The Hall–Kier alpha value is -0.610. The molecule has 0 aromatic rings. The van der Waals surface area contributed by atoms with Crippen LogP contribution in [-0.2, 0) is 9.53 Å². The molecule has 1 amide bonds. The maximum Gasteiger partial charge on any atom is 0.227 e. The van der Waals surface area contributed by atoms with E-state index in [9.17, 15) is 4.79 Å². The molecule has 0 saturated carbocycles. The quantitative estimate of drug-likeness (QED) is 0.717. The molecule has 0 spiro atoms. The number of carbonyl (C=O) groups excluding carboxylic acids is 1. The van der Waals surface area contributed by atoms with E-state index in [1.54, 1.807) is 0 Å². The summed E-state index contributed by atoms with van der Waals surface area (Å²) in [6.07, 6.45) is 1.04. The van der Waals surface area contributed by atoms with Crippen molar-refractivity contribution < 1.29 is 9.53 Å². The summed E-state index contributed by atoms with van der Waals surface area (Å²) in [4.78, 5) is 11.7. The van der Waals surface area contributed by atoms with Crippen molar-refractivity contribution in [2.24, 2.45) is 17.1 Å². The van der Waals surface area contributed by atoms with Crippen LogP contribution >= 0.6 is 0 Å². The predicted octanol–water partition coefficient (Wildman–Crippen LogP) is 0.513. The summed E-state index contributed by atoms with van der Waals surface area (Å²) >= 11 is 0. The van der Waals surface area contributed by atoms with E-state index in [2.05, 4.69) is 26.1 Å².